The molecule has 0 unspecified atom stereocenters. The molecular weight excluding hydrogens is 262 g/mol. The average Bonchev–Trinajstić information content (AvgIpc) is 2.37. The van der Waals surface area contributed by atoms with Gasteiger partial charge in [0.25, 0.3) is 0 Å². The van der Waals surface area contributed by atoms with E-state index in [0.29, 0.717) is 12.1 Å². The standard InChI is InChI=1S/C14H15NO5/c1-15(8-14(18)19-2)7-9-5-13(17)20-12-6-10(16)3-4-11(9)12/h3-6,16H,7-8H2,1-2H3. The van der Waals surface area contributed by atoms with Gasteiger partial charge in [-0.15, -0.1) is 0 Å². The Kier molecular flexibility index (Phi) is 4.05. The number of ether oxygens (including phenoxy) is 1. The van der Waals surface area contributed by atoms with Gasteiger partial charge in [-0.25, -0.2) is 4.79 Å². The molecule has 0 saturated carbocycles. The number of esters is 1. The molecule has 0 radical (unpaired) electrons. The molecule has 0 aliphatic carbocycles. The van der Waals surface area contributed by atoms with Gasteiger partial charge in [-0.05, 0) is 24.7 Å². The fourth-order valence-corrected chi connectivity index (χ4v) is 1.98. The number of nitrogens with zero attached hydrogens (tertiary/aromatic N) is 1. The fraction of sp³-hybridized carbons (Fsp3) is 0.286. The monoisotopic (exact) mass is 277 g/mol. The van der Waals surface area contributed by atoms with Crippen LogP contribution in [0.2, 0.25) is 0 Å². The Hall–Kier alpha value is -2.34. The van der Waals surface area contributed by atoms with Gasteiger partial charge in [-0.3, -0.25) is 9.69 Å². The van der Waals surface area contributed by atoms with Gasteiger partial charge in [0.1, 0.15) is 11.3 Å². The smallest absolute Gasteiger partial charge is 0.336 e. The molecule has 2 aromatic rings. The van der Waals surface area contributed by atoms with E-state index in [1.807, 2.05) is 0 Å². The molecule has 2 rings (SSSR count). The molecule has 1 aromatic heterocycles. The van der Waals surface area contributed by atoms with Gasteiger partial charge in [0.05, 0.1) is 13.7 Å². The van der Waals surface area contributed by atoms with Crippen molar-refractivity contribution in [2.24, 2.45) is 0 Å². The van der Waals surface area contributed by atoms with Crippen molar-refractivity contribution in [1.29, 1.82) is 0 Å². The van der Waals surface area contributed by atoms with Crippen LogP contribution in [0.4, 0.5) is 0 Å². The summed E-state index contributed by atoms with van der Waals surface area (Å²) in [6.45, 7) is 0.512. The highest BCUT2D eigenvalue weighted by molar-refractivity contribution is 5.81. The first-order valence-corrected chi connectivity index (χ1v) is 6.00. The highest BCUT2D eigenvalue weighted by atomic mass is 16.5. The molecule has 1 aromatic carbocycles. The number of carbonyl (C=O) groups is 1. The zero-order chi connectivity index (χ0) is 14.7. The van der Waals surface area contributed by atoms with Crippen LogP contribution in [0.15, 0.2) is 33.5 Å². The molecule has 20 heavy (non-hydrogen) atoms. The van der Waals surface area contributed by atoms with E-state index in [2.05, 4.69) is 4.74 Å². The first kappa shape index (κ1) is 14.1. The number of carbonyl (C=O) groups excluding carboxylic acids is 1. The van der Waals surface area contributed by atoms with Crippen LogP contribution in [0.25, 0.3) is 11.0 Å². The van der Waals surface area contributed by atoms with E-state index in [4.69, 9.17) is 4.42 Å². The van der Waals surface area contributed by atoms with E-state index in [1.165, 1.54) is 25.3 Å². The van der Waals surface area contributed by atoms with Crippen molar-refractivity contribution in [2.45, 2.75) is 6.54 Å². The van der Waals surface area contributed by atoms with Crippen molar-refractivity contribution in [3.63, 3.8) is 0 Å². The molecule has 0 spiro atoms. The third-order valence-corrected chi connectivity index (χ3v) is 2.88. The van der Waals surface area contributed by atoms with Crippen molar-refractivity contribution in [1.82, 2.24) is 4.90 Å². The fourth-order valence-electron chi connectivity index (χ4n) is 1.98. The predicted octanol–water partition coefficient (Wildman–Crippen LogP) is 1.10. The van der Waals surface area contributed by atoms with Crippen LogP contribution in [0.3, 0.4) is 0 Å². The van der Waals surface area contributed by atoms with Crippen LogP contribution < -0.4 is 5.63 Å². The van der Waals surface area contributed by atoms with Crippen LogP contribution >= 0.6 is 0 Å². The summed E-state index contributed by atoms with van der Waals surface area (Å²) >= 11 is 0. The first-order valence-electron chi connectivity index (χ1n) is 6.00. The summed E-state index contributed by atoms with van der Waals surface area (Å²) in [5.74, 6) is -0.321. The number of phenolic OH excluding ortho intramolecular Hbond substituents is 1. The van der Waals surface area contributed by atoms with Crippen molar-refractivity contribution in [2.75, 3.05) is 20.7 Å². The summed E-state index contributed by atoms with van der Waals surface area (Å²) in [5.41, 5.74) is 0.547. The summed E-state index contributed by atoms with van der Waals surface area (Å²) in [7, 11) is 3.07. The number of aromatic hydroxyl groups is 1. The Morgan fingerprint density at radius 2 is 2.15 bits per heavy atom. The maximum atomic E-state index is 11.5. The summed E-state index contributed by atoms with van der Waals surface area (Å²) in [6.07, 6.45) is 0. The Morgan fingerprint density at radius 3 is 2.85 bits per heavy atom. The molecule has 0 aliphatic heterocycles. The molecule has 1 N–H and O–H groups in total. The number of hydrogen-bond acceptors (Lipinski definition) is 6. The highest BCUT2D eigenvalue weighted by Gasteiger charge is 2.11. The zero-order valence-electron chi connectivity index (χ0n) is 11.3. The normalized spacial score (nSPS) is 10.9. The van der Waals surface area contributed by atoms with Crippen molar-refractivity contribution >= 4 is 16.9 Å². The second-order valence-electron chi connectivity index (χ2n) is 4.52. The molecule has 0 saturated heterocycles. The lowest BCUT2D eigenvalue weighted by Gasteiger charge is -2.15. The number of methoxy groups -OCH3 is 1. The summed E-state index contributed by atoms with van der Waals surface area (Å²) in [6, 6.07) is 5.97. The lowest BCUT2D eigenvalue weighted by atomic mass is 10.1. The molecule has 0 fully saturated rings. The Labute approximate surface area is 115 Å². The zero-order valence-corrected chi connectivity index (χ0v) is 11.3. The molecule has 1 heterocycles. The Morgan fingerprint density at radius 1 is 1.40 bits per heavy atom. The van der Waals surface area contributed by atoms with Gasteiger partial charge in [0.15, 0.2) is 0 Å². The maximum absolute atomic E-state index is 11.5. The van der Waals surface area contributed by atoms with E-state index in [-0.39, 0.29) is 18.3 Å². The molecular formula is C14H15NO5. The van der Waals surface area contributed by atoms with Gasteiger partial charge in [-0.2, -0.15) is 0 Å². The number of benzene rings is 1. The third kappa shape index (κ3) is 3.16. The van der Waals surface area contributed by atoms with E-state index >= 15 is 0 Å². The molecule has 0 aliphatic rings. The molecule has 0 atom stereocenters. The first-order chi connectivity index (χ1) is 9.49. The van der Waals surface area contributed by atoms with Crippen LogP contribution in [0.5, 0.6) is 5.75 Å². The number of rotatable bonds is 4. The number of likely N-dealkylation sites (N-methyl/N-ethyl adjacent to an activating group) is 1. The third-order valence-electron chi connectivity index (χ3n) is 2.88. The van der Waals surface area contributed by atoms with Crippen LogP contribution in [-0.2, 0) is 16.1 Å². The Balaban J connectivity index is 2.34. The Bertz CT molecular complexity index is 692. The van der Waals surface area contributed by atoms with Crippen molar-refractivity contribution in [3.8, 4) is 5.75 Å². The lowest BCUT2D eigenvalue weighted by molar-refractivity contribution is -0.141. The lowest BCUT2D eigenvalue weighted by Crippen LogP contribution is -2.26. The predicted molar refractivity (Wildman–Crippen MR) is 72.5 cm³/mol. The van der Waals surface area contributed by atoms with Gasteiger partial charge < -0.3 is 14.3 Å². The van der Waals surface area contributed by atoms with E-state index < -0.39 is 5.63 Å². The highest BCUT2D eigenvalue weighted by Crippen LogP contribution is 2.22. The van der Waals surface area contributed by atoms with Crippen LogP contribution in [0, 0.1) is 0 Å². The minimum Gasteiger partial charge on any atom is -0.508 e. The van der Waals surface area contributed by atoms with E-state index in [1.54, 1.807) is 18.0 Å². The second-order valence-corrected chi connectivity index (χ2v) is 4.52. The minimum atomic E-state index is -0.496. The topological polar surface area (TPSA) is 80.0 Å². The number of phenols is 1. The molecule has 0 amide bonds. The van der Waals surface area contributed by atoms with Crippen LogP contribution in [0.1, 0.15) is 5.56 Å². The van der Waals surface area contributed by atoms with Gasteiger partial charge in [0, 0.05) is 24.1 Å². The number of hydrogen-bond donors (Lipinski definition) is 1. The van der Waals surface area contributed by atoms with Crippen molar-refractivity contribution < 1.29 is 19.1 Å². The number of fused-ring (bicyclic) bond motifs is 1. The quantitative estimate of drug-likeness (QED) is 0.666. The van der Waals surface area contributed by atoms with Gasteiger partial charge in [0.2, 0.25) is 0 Å². The summed E-state index contributed by atoms with van der Waals surface area (Å²) in [5, 5.41) is 10.1. The summed E-state index contributed by atoms with van der Waals surface area (Å²) in [4.78, 5) is 24.5. The van der Waals surface area contributed by atoms with Crippen LogP contribution in [-0.4, -0.2) is 36.7 Å². The van der Waals surface area contributed by atoms with Gasteiger partial charge >= 0.3 is 11.6 Å². The van der Waals surface area contributed by atoms with Crippen molar-refractivity contribution in [3.05, 3.63) is 40.2 Å². The minimum absolute atomic E-state index is 0.0284. The molecule has 0 bridgehead atoms. The molecule has 106 valence electrons. The molecule has 6 nitrogen and oxygen atoms in total. The van der Waals surface area contributed by atoms with Gasteiger partial charge in [-0.1, -0.05) is 0 Å². The summed E-state index contributed by atoms with van der Waals surface area (Å²) < 4.78 is 9.63. The SMILES string of the molecule is COC(=O)CN(C)Cc1cc(=O)oc2cc(O)ccc12. The average molecular weight is 277 g/mol. The largest absolute Gasteiger partial charge is 0.508 e. The second kappa shape index (κ2) is 5.75. The molecule has 6 heteroatoms. The van der Waals surface area contributed by atoms with E-state index in [0.717, 1.165) is 10.9 Å². The maximum Gasteiger partial charge on any atom is 0.336 e. The van der Waals surface area contributed by atoms with E-state index in [9.17, 15) is 14.7 Å².